The summed E-state index contributed by atoms with van der Waals surface area (Å²) in [5.74, 6) is 0.640. The molecule has 0 spiro atoms. The molecule has 0 bridgehead atoms. The summed E-state index contributed by atoms with van der Waals surface area (Å²) in [6, 6.07) is 21.0. The van der Waals surface area contributed by atoms with E-state index in [9.17, 15) is 4.79 Å². The molecule has 0 atom stereocenters. The van der Waals surface area contributed by atoms with Gasteiger partial charge in [0, 0.05) is 37.6 Å². The van der Waals surface area contributed by atoms with Gasteiger partial charge in [0.05, 0.1) is 11.0 Å². The molecule has 0 fully saturated rings. The van der Waals surface area contributed by atoms with Gasteiger partial charge in [0.2, 0.25) is 11.8 Å². The fourth-order valence-corrected chi connectivity index (χ4v) is 3.40. The SMILES string of the molecule is CCOCCCn1c(NC(=O)c2ccnc(OCc3ccccc3)c2)nc2ccccc21. The number of benzene rings is 2. The van der Waals surface area contributed by atoms with E-state index in [4.69, 9.17) is 9.47 Å². The first-order valence-electron chi connectivity index (χ1n) is 10.7. The molecule has 4 aromatic rings. The van der Waals surface area contributed by atoms with E-state index in [1.165, 1.54) is 0 Å². The van der Waals surface area contributed by atoms with Crippen LogP contribution in [0.2, 0.25) is 0 Å². The zero-order valence-electron chi connectivity index (χ0n) is 18.0. The molecule has 0 saturated carbocycles. The number of aryl methyl sites for hydroxylation is 1. The summed E-state index contributed by atoms with van der Waals surface area (Å²) in [5.41, 5.74) is 3.29. The van der Waals surface area contributed by atoms with Gasteiger partial charge in [0.25, 0.3) is 5.91 Å². The van der Waals surface area contributed by atoms with Crippen LogP contribution in [0.15, 0.2) is 72.9 Å². The van der Waals surface area contributed by atoms with Gasteiger partial charge in [-0.3, -0.25) is 10.1 Å². The first-order valence-corrected chi connectivity index (χ1v) is 10.7. The summed E-state index contributed by atoms with van der Waals surface area (Å²) in [7, 11) is 0. The lowest BCUT2D eigenvalue weighted by molar-refractivity contribution is 0.102. The van der Waals surface area contributed by atoms with Gasteiger partial charge in [-0.2, -0.15) is 0 Å². The van der Waals surface area contributed by atoms with Crippen LogP contribution >= 0.6 is 0 Å². The van der Waals surface area contributed by atoms with Crippen molar-refractivity contribution in [3.8, 4) is 5.88 Å². The maximum atomic E-state index is 13.0. The summed E-state index contributed by atoms with van der Waals surface area (Å²) in [4.78, 5) is 21.8. The van der Waals surface area contributed by atoms with Gasteiger partial charge in [-0.05, 0) is 37.1 Å². The third-order valence-corrected chi connectivity index (χ3v) is 4.98. The third kappa shape index (κ3) is 5.31. The van der Waals surface area contributed by atoms with Gasteiger partial charge in [-0.1, -0.05) is 42.5 Å². The lowest BCUT2D eigenvalue weighted by Gasteiger charge is -2.11. The lowest BCUT2D eigenvalue weighted by Crippen LogP contribution is -2.17. The molecule has 0 saturated heterocycles. The van der Waals surface area contributed by atoms with Gasteiger partial charge < -0.3 is 14.0 Å². The van der Waals surface area contributed by atoms with E-state index >= 15 is 0 Å². The van der Waals surface area contributed by atoms with Crippen molar-refractivity contribution in [2.75, 3.05) is 18.5 Å². The third-order valence-electron chi connectivity index (χ3n) is 4.98. The number of amides is 1. The van der Waals surface area contributed by atoms with E-state index in [-0.39, 0.29) is 5.91 Å². The highest BCUT2D eigenvalue weighted by Gasteiger charge is 2.15. The monoisotopic (exact) mass is 430 g/mol. The lowest BCUT2D eigenvalue weighted by atomic mass is 10.2. The zero-order chi connectivity index (χ0) is 22.2. The molecule has 0 unspecified atom stereocenters. The number of fused-ring (bicyclic) bond motifs is 1. The Labute approximate surface area is 187 Å². The van der Waals surface area contributed by atoms with Crippen LogP contribution in [0, 0.1) is 0 Å². The molecule has 2 heterocycles. The van der Waals surface area contributed by atoms with Gasteiger partial charge in [0.15, 0.2) is 0 Å². The van der Waals surface area contributed by atoms with Crippen LogP contribution in [0.5, 0.6) is 5.88 Å². The average Bonchev–Trinajstić information content (AvgIpc) is 3.18. The maximum Gasteiger partial charge on any atom is 0.258 e. The number of para-hydroxylation sites is 2. The van der Waals surface area contributed by atoms with Crippen molar-refractivity contribution in [1.82, 2.24) is 14.5 Å². The quantitative estimate of drug-likeness (QED) is 0.369. The molecule has 0 aliphatic carbocycles. The standard InChI is InChI=1S/C25H26N4O3/c1-2-31-16-8-15-29-22-12-7-6-11-21(22)27-25(29)28-24(30)20-13-14-26-23(17-20)32-18-19-9-4-3-5-10-19/h3-7,9-14,17H,2,8,15-16,18H2,1H3,(H,27,28,30). The highest BCUT2D eigenvalue weighted by molar-refractivity contribution is 6.04. The van der Waals surface area contributed by atoms with E-state index < -0.39 is 0 Å². The second kappa shape index (κ2) is 10.5. The molecule has 7 heteroatoms. The average molecular weight is 431 g/mol. The van der Waals surface area contributed by atoms with Crippen LogP contribution in [0.3, 0.4) is 0 Å². The molecule has 32 heavy (non-hydrogen) atoms. The van der Waals surface area contributed by atoms with Crippen LogP contribution in [-0.4, -0.2) is 33.7 Å². The Hall–Kier alpha value is -3.71. The number of aromatic nitrogens is 3. The van der Waals surface area contributed by atoms with Crippen molar-refractivity contribution in [2.45, 2.75) is 26.5 Å². The Bertz CT molecular complexity index is 1170. The smallest absolute Gasteiger partial charge is 0.258 e. The topological polar surface area (TPSA) is 78.3 Å². The maximum absolute atomic E-state index is 13.0. The largest absolute Gasteiger partial charge is 0.473 e. The molecule has 164 valence electrons. The van der Waals surface area contributed by atoms with Crippen molar-refractivity contribution in [3.63, 3.8) is 0 Å². The number of carbonyl (C=O) groups is 1. The molecular formula is C25H26N4O3. The van der Waals surface area contributed by atoms with Crippen molar-refractivity contribution < 1.29 is 14.3 Å². The summed E-state index contributed by atoms with van der Waals surface area (Å²) in [6.45, 7) is 4.39. The highest BCUT2D eigenvalue weighted by Crippen LogP contribution is 2.21. The molecule has 4 rings (SSSR count). The van der Waals surface area contributed by atoms with Crippen LogP contribution in [0.25, 0.3) is 11.0 Å². The predicted octanol–water partition coefficient (Wildman–Crippen LogP) is 4.69. The van der Waals surface area contributed by atoms with Gasteiger partial charge >= 0.3 is 0 Å². The van der Waals surface area contributed by atoms with Crippen LogP contribution < -0.4 is 10.1 Å². The second-order valence-corrected chi connectivity index (χ2v) is 7.24. The predicted molar refractivity (Wildman–Crippen MR) is 124 cm³/mol. The van der Waals surface area contributed by atoms with E-state index in [1.807, 2.05) is 66.1 Å². The number of carbonyl (C=O) groups excluding carboxylic acids is 1. The molecule has 2 aromatic heterocycles. The Morgan fingerprint density at radius 2 is 1.88 bits per heavy atom. The Balaban J connectivity index is 1.48. The van der Waals surface area contributed by atoms with Gasteiger partial charge in [0.1, 0.15) is 6.61 Å². The molecule has 0 aliphatic heterocycles. The van der Waals surface area contributed by atoms with Crippen LogP contribution in [0.1, 0.15) is 29.3 Å². The number of rotatable bonds is 10. The van der Waals surface area contributed by atoms with E-state index in [2.05, 4.69) is 15.3 Å². The van der Waals surface area contributed by atoms with Crippen LogP contribution in [-0.2, 0) is 17.9 Å². The first-order chi connectivity index (χ1) is 15.7. The number of hydrogen-bond donors (Lipinski definition) is 1. The highest BCUT2D eigenvalue weighted by atomic mass is 16.5. The van der Waals surface area contributed by atoms with Crippen molar-refractivity contribution in [2.24, 2.45) is 0 Å². The minimum Gasteiger partial charge on any atom is -0.473 e. The van der Waals surface area contributed by atoms with Crippen molar-refractivity contribution >= 4 is 22.9 Å². The summed E-state index contributed by atoms with van der Waals surface area (Å²) < 4.78 is 13.2. The van der Waals surface area contributed by atoms with E-state index in [1.54, 1.807) is 18.3 Å². The number of ether oxygens (including phenoxy) is 2. The molecule has 0 radical (unpaired) electrons. The number of imidazole rings is 1. The summed E-state index contributed by atoms with van der Waals surface area (Å²) in [5, 5.41) is 2.95. The molecule has 7 nitrogen and oxygen atoms in total. The number of pyridine rings is 1. The number of hydrogen-bond acceptors (Lipinski definition) is 5. The number of nitrogens with one attached hydrogen (secondary N) is 1. The van der Waals surface area contributed by atoms with E-state index in [0.29, 0.717) is 43.8 Å². The number of nitrogens with zero attached hydrogens (tertiary/aromatic N) is 3. The van der Waals surface area contributed by atoms with E-state index in [0.717, 1.165) is 23.0 Å². The molecule has 1 N–H and O–H groups in total. The minimum atomic E-state index is -0.265. The molecular weight excluding hydrogens is 404 g/mol. The van der Waals surface area contributed by atoms with Crippen molar-refractivity contribution in [1.29, 1.82) is 0 Å². The van der Waals surface area contributed by atoms with Gasteiger partial charge in [-0.25, -0.2) is 9.97 Å². The molecule has 2 aromatic carbocycles. The Morgan fingerprint density at radius 3 is 2.72 bits per heavy atom. The Kier molecular flexibility index (Phi) is 7.09. The Morgan fingerprint density at radius 1 is 1.06 bits per heavy atom. The van der Waals surface area contributed by atoms with Crippen LogP contribution in [0.4, 0.5) is 5.95 Å². The fourth-order valence-electron chi connectivity index (χ4n) is 3.40. The molecule has 1 amide bonds. The normalized spacial score (nSPS) is 10.9. The summed E-state index contributed by atoms with van der Waals surface area (Å²) in [6.07, 6.45) is 2.39. The summed E-state index contributed by atoms with van der Waals surface area (Å²) >= 11 is 0. The second-order valence-electron chi connectivity index (χ2n) is 7.24. The number of anilines is 1. The fraction of sp³-hybridized carbons (Fsp3) is 0.240. The zero-order valence-corrected chi connectivity index (χ0v) is 18.0. The first kappa shape index (κ1) is 21.5. The van der Waals surface area contributed by atoms with Gasteiger partial charge in [-0.15, -0.1) is 0 Å². The molecule has 0 aliphatic rings. The minimum absolute atomic E-state index is 0.265. The van der Waals surface area contributed by atoms with Crippen molar-refractivity contribution in [3.05, 3.63) is 84.1 Å².